The van der Waals surface area contributed by atoms with E-state index in [4.69, 9.17) is 0 Å². The van der Waals surface area contributed by atoms with Crippen molar-refractivity contribution in [3.63, 3.8) is 0 Å². The molecule has 130 valence electrons. The Balaban J connectivity index is 1.73. The number of hydrogen-bond donors (Lipinski definition) is 2. The maximum absolute atomic E-state index is 14.0. The fraction of sp³-hybridized carbons (Fsp3) is 0.263. The lowest BCUT2D eigenvalue weighted by Crippen LogP contribution is -2.39. The van der Waals surface area contributed by atoms with E-state index in [1.54, 1.807) is 4.90 Å². The van der Waals surface area contributed by atoms with Crippen molar-refractivity contribution in [1.82, 2.24) is 4.90 Å². The molecular weight excluding hydrogens is 321 g/mol. The molecule has 0 atom stereocenters. The number of carbonyl (C=O) groups is 2. The van der Waals surface area contributed by atoms with E-state index < -0.39 is 5.82 Å². The van der Waals surface area contributed by atoms with Gasteiger partial charge in [-0.25, -0.2) is 9.18 Å². The molecule has 1 aliphatic heterocycles. The molecule has 1 aliphatic rings. The van der Waals surface area contributed by atoms with Gasteiger partial charge in [0.25, 0.3) is 0 Å². The highest BCUT2D eigenvalue weighted by molar-refractivity contribution is 5.92. The van der Waals surface area contributed by atoms with Crippen LogP contribution in [0, 0.1) is 12.7 Å². The molecule has 0 saturated carbocycles. The van der Waals surface area contributed by atoms with Crippen LogP contribution in [0.4, 0.5) is 20.6 Å². The Kier molecular flexibility index (Phi) is 4.70. The smallest absolute Gasteiger partial charge is 0.322 e. The van der Waals surface area contributed by atoms with E-state index in [2.05, 4.69) is 28.8 Å². The van der Waals surface area contributed by atoms with Crippen molar-refractivity contribution in [1.29, 1.82) is 0 Å². The van der Waals surface area contributed by atoms with Gasteiger partial charge in [-0.3, -0.25) is 4.79 Å². The number of hydrogen-bond acceptors (Lipinski definition) is 2. The second kappa shape index (κ2) is 6.93. The van der Waals surface area contributed by atoms with E-state index in [0.717, 1.165) is 17.5 Å². The van der Waals surface area contributed by atoms with Crippen LogP contribution in [0.3, 0.4) is 0 Å². The molecule has 0 aromatic heterocycles. The quantitative estimate of drug-likeness (QED) is 0.875. The van der Waals surface area contributed by atoms with Crippen LogP contribution in [-0.4, -0.2) is 23.4 Å². The molecule has 0 fully saturated rings. The summed E-state index contributed by atoms with van der Waals surface area (Å²) in [6, 6.07) is 9.96. The predicted octanol–water partition coefficient (Wildman–Crippen LogP) is 3.68. The standard InChI is InChI=1S/C19H20FN3O2/c1-12-3-4-14-7-8-23(11-15(14)9-12)19(25)22-18-10-16(21-13(2)24)5-6-17(18)20/h3-6,9-10H,7-8,11H2,1-2H3,(H,21,24)(H,22,25). The normalized spacial score (nSPS) is 13.2. The Bertz CT molecular complexity index is 835. The van der Waals surface area contributed by atoms with Crippen molar-refractivity contribution in [2.45, 2.75) is 26.8 Å². The lowest BCUT2D eigenvalue weighted by Gasteiger charge is -2.29. The average molecular weight is 341 g/mol. The number of urea groups is 1. The summed E-state index contributed by atoms with van der Waals surface area (Å²) in [6.45, 7) is 4.46. The van der Waals surface area contributed by atoms with Gasteiger partial charge in [-0.1, -0.05) is 23.8 Å². The Morgan fingerprint density at radius 3 is 2.64 bits per heavy atom. The first-order valence-electron chi connectivity index (χ1n) is 8.14. The molecule has 2 N–H and O–H groups in total. The number of rotatable bonds is 2. The molecule has 0 bridgehead atoms. The van der Waals surface area contributed by atoms with Crippen LogP contribution in [0.15, 0.2) is 36.4 Å². The molecule has 0 radical (unpaired) electrons. The highest BCUT2D eigenvalue weighted by Gasteiger charge is 2.21. The van der Waals surface area contributed by atoms with Crippen molar-refractivity contribution in [3.05, 3.63) is 58.9 Å². The zero-order chi connectivity index (χ0) is 18.0. The monoisotopic (exact) mass is 341 g/mol. The first kappa shape index (κ1) is 17.0. The minimum atomic E-state index is -0.546. The molecule has 2 aromatic rings. The highest BCUT2D eigenvalue weighted by Crippen LogP contribution is 2.23. The zero-order valence-corrected chi connectivity index (χ0v) is 14.2. The number of aryl methyl sites for hydroxylation is 1. The Morgan fingerprint density at radius 1 is 1.08 bits per heavy atom. The first-order chi connectivity index (χ1) is 11.9. The van der Waals surface area contributed by atoms with E-state index in [9.17, 15) is 14.0 Å². The van der Waals surface area contributed by atoms with Gasteiger partial charge >= 0.3 is 6.03 Å². The molecule has 0 spiro atoms. The average Bonchev–Trinajstić information content (AvgIpc) is 2.56. The second-order valence-electron chi connectivity index (χ2n) is 6.25. The van der Waals surface area contributed by atoms with Crippen molar-refractivity contribution in [2.75, 3.05) is 17.2 Å². The number of nitrogens with zero attached hydrogens (tertiary/aromatic N) is 1. The minimum Gasteiger partial charge on any atom is -0.326 e. The van der Waals surface area contributed by atoms with Crippen LogP contribution in [0.1, 0.15) is 23.6 Å². The van der Waals surface area contributed by atoms with Gasteiger partial charge in [0.15, 0.2) is 0 Å². The highest BCUT2D eigenvalue weighted by atomic mass is 19.1. The Morgan fingerprint density at radius 2 is 1.88 bits per heavy atom. The molecule has 2 aromatic carbocycles. The zero-order valence-electron chi connectivity index (χ0n) is 14.2. The van der Waals surface area contributed by atoms with Gasteiger partial charge in [-0.05, 0) is 42.7 Å². The third-order valence-electron chi connectivity index (χ3n) is 4.19. The van der Waals surface area contributed by atoms with E-state index >= 15 is 0 Å². The SMILES string of the molecule is CC(=O)Nc1ccc(F)c(NC(=O)N2CCc3ccc(C)cc3C2)c1. The lowest BCUT2D eigenvalue weighted by atomic mass is 9.98. The number of amides is 3. The van der Waals surface area contributed by atoms with Gasteiger partial charge in [0.2, 0.25) is 5.91 Å². The number of halogens is 1. The molecule has 1 heterocycles. The third-order valence-corrected chi connectivity index (χ3v) is 4.19. The lowest BCUT2D eigenvalue weighted by molar-refractivity contribution is -0.114. The summed E-state index contributed by atoms with van der Waals surface area (Å²) in [5.41, 5.74) is 3.99. The Hall–Kier alpha value is -2.89. The van der Waals surface area contributed by atoms with Crippen molar-refractivity contribution >= 4 is 23.3 Å². The fourth-order valence-corrected chi connectivity index (χ4v) is 2.96. The summed E-state index contributed by atoms with van der Waals surface area (Å²) in [5.74, 6) is -0.803. The van der Waals surface area contributed by atoms with Crippen LogP contribution >= 0.6 is 0 Å². The summed E-state index contributed by atoms with van der Waals surface area (Å²) < 4.78 is 14.0. The number of nitrogens with one attached hydrogen (secondary N) is 2. The molecule has 6 heteroatoms. The number of carbonyl (C=O) groups excluding carboxylic acids is 2. The van der Waals surface area contributed by atoms with E-state index in [0.29, 0.717) is 18.8 Å². The molecule has 5 nitrogen and oxygen atoms in total. The largest absolute Gasteiger partial charge is 0.326 e. The number of benzene rings is 2. The second-order valence-corrected chi connectivity index (χ2v) is 6.25. The van der Waals surface area contributed by atoms with Crippen LogP contribution in [-0.2, 0) is 17.8 Å². The molecule has 0 saturated heterocycles. The van der Waals surface area contributed by atoms with E-state index in [1.165, 1.54) is 30.7 Å². The van der Waals surface area contributed by atoms with Crippen LogP contribution in [0.2, 0.25) is 0 Å². The molecule has 0 unspecified atom stereocenters. The molecule has 25 heavy (non-hydrogen) atoms. The van der Waals surface area contributed by atoms with Gasteiger partial charge in [0, 0.05) is 25.7 Å². The summed E-state index contributed by atoms with van der Waals surface area (Å²) in [4.78, 5) is 25.3. The number of anilines is 2. The summed E-state index contributed by atoms with van der Waals surface area (Å²) in [5, 5.41) is 5.17. The van der Waals surface area contributed by atoms with Crippen molar-refractivity contribution < 1.29 is 14.0 Å². The molecule has 3 rings (SSSR count). The van der Waals surface area contributed by atoms with Gasteiger partial charge in [-0.2, -0.15) is 0 Å². The van der Waals surface area contributed by atoms with Gasteiger partial charge in [0.1, 0.15) is 5.82 Å². The third kappa shape index (κ3) is 3.96. The van der Waals surface area contributed by atoms with Gasteiger partial charge in [-0.15, -0.1) is 0 Å². The van der Waals surface area contributed by atoms with Gasteiger partial charge in [0.05, 0.1) is 5.69 Å². The van der Waals surface area contributed by atoms with E-state index in [-0.39, 0.29) is 17.6 Å². The van der Waals surface area contributed by atoms with Crippen LogP contribution in [0.5, 0.6) is 0 Å². The maximum atomic E-state index is 14.0. The van der Waals surface area contributed by atoms with E-state index in [1.807, 2.05) is 6.92 Å². The fourth-order valence-electron chi connectivity index (χ4n) is 2.96. The van der Waals surface area contributed by atoms with Gasteiger partial charge < -0.3 is 15.5 Å². The minimum absolute atomic E-state index is 0.0475. The topological polar surface area (TPSA) is 61.4 Å². The van der Waals surface area contributed by atoms with Crippen molar-refractivity contribution in [3.8, 4) is 0 Å². The molecular formula is C19H20FN3O2. The summed E-state index contributed by atoms with van der Waals surface area (Å²) in [7, 11) is 0. The van der Waals surface area contributed by atoms with Crippen molar-refractivity contribution in [2.24, 2.45) is 0 Å². The van der Waals surface area contributed by atoms with Crippen LogP contribution in [0.25, 0.3) is 0 Å². The number of fused-ring (bicyclic) bond motifs is 1. The molecule has 0 aliphatic carbocycles. The first-order valence-corrected chi connectivity index (χ1v) is 8.14. The van der Waals surface area contributed by atoms with Crippen LogP contribution < -0.4 is 10.6 Å². The predicted molar refractivity (Wildman–Crippen MR) is 95.0 cm³/mol. The summed E-state index contributed by atoms with van der Waals surface area (Å²) >= 11 is 0. The summed E-state index contributed by atoms with van der Waals surface area (Å²) in [6.07, 6.45) is 0.775. The Labute approximate surface area is 145 Å². The maximum Gasteiger partial charge on any atom is 0.322 e. The molecule has 3 amide bonds.